The van der Waals surface area contributed by atoms with Gasteiger partial charge in [-0.3, -0.25) is 4.90 Å². The summed E-state index contributed by atoms with van der Waals surface area (Å²) in [7, 11) is 0. The highest BCUT2D eigenvalue weighted by Gasteiger charge is 2.30. The molecule has 1 saturated heterocycles. The molecule has 0 atom stereocenters. The molecular formula is C19H19ClF3N3S. The van der Waals surface area contributed by atoms with E-state index in [-0.39, 0.29) is 0 Å². The molecule has 1 aliphatic rings. The molecule has 1 heterocycles. The molecule has 0 unspecified atom stereocenters. The zero-order valence-electron chi connectivity index (χ0n) is 14.5. The first-order valence-electron chi connectivity index (χ1n) is 8.52. The van der Waals surface area contributed by atoms with Crippen molar-refractivity contribution in [1.29, 1.82) is 0 Å². The van der Waals surface area contributed by atoms with E-state index in [0.717, 1.165) is 42.2 Å². The fourth-order valence-corrected chi connectivity index (χ4v) is 3.47. The van der Waals surface area contributed by atoms with Crippen LogP contribution < -0.4 is 5.32 Å². The van der Waals surface area contributed by atoms with Gasteiger partial charge in [-0.25, -0.2) is 0 Å². The van der Waals surface area contributed by atoms with Crippen LogP contribution in [-0.4, -0.2) is 34.7 Å². The van der Waals surface area contributed by atoms with E-state index in [1.54, 1.807) is 6.07 Å². The Kier molecular flexibility index (Phi) is 6.24. The van der Waals surface area contributed by atoms with Crippen LogP contribution in [0.25, 0.3) is 0 Å². The monoisotopic (exact) mass is 413 g/mol. The molecule has 2 aromatic rings. The van der Waals surface area contributed by atoms with Crippen LogP contribution in [0.15, 0.2) is 48.5 Å². The van der Waals surface area contributed by atoms with Crippen LogP contribution in [-0.2, 0) is 12.7 Å². The predicted molar refractivity (Wildman–Crippen MR) is 106 cm³/mol. The van der Waals surface area contributed by atoms with Crippen molar-refractivity contribution in [1.82, 2.24) is 9.80 Å². The first-order chi connectivity index (χ1) is 12.8. The zero-order valence-corrected chi connectivity index (χ0v) is 16.0. The Bertz CT molecular complexity index is 813. The zero-order chi connectivity index (χ0) is 19.4. The highest BCUT2D eigenvalue weighted by Crippen LogP contribution is 2.30. The summed E-state index contributed by atoms with van der Waals surface area (Å²) in [6, 6.07) is 12.7. The summed E-state index contributed by atoms with van der Waals surface area (Å²) in [5, 5.41) is 4.06. The summed E-state index contributed by atoms with van der Waals surface area (Å²) in [6.45, 7) is 2.95. The van der Waals surface area contributed by atoms with Gasteiger partial charge in [0.15, 0.2) is 5.11 Å². The number of benzene rings is 2. The van der Waals surface area contributed by atoms with Crippen LogP contribution in [0.3, 0.4) is 0 Å². The van der Waals surface area contributed by atoms with Gasteiger partial charge in [0.05, 0.1) is 12.2 Å². The molecule has 8 heteroatoms. The lowest BCUT2D eigenvalue weighted by Gasteiger charge is -2.37. The van der Waals surface area contributed by atoms with Gasteiger partial charge >= 0.3 is 6.18 Å². The van der Waals surface area contributed by atoms with Crippen LogP contribution in [0.1, 0.15) is 17.5 Å². The van der Waals surface area contributed by atoms with Crippen molar-refractivity contribution >= 4 is 34.6 Å². The first kappa shape index (κ1) is 19.9. The van der Waals surface area contributed by atoms with Crippen molar-refractivity contribution in [2.24, 2.45) is 0 Å². The number of hydrogen-bond donors (Lipinski definition) is 1. The molecule has 0 aliphatic carbocycles. The second kappa shape index (κ2) is 8.46. The van der Waals surface area contributed by atoms with E-state index in [1.807, 2.05) is 29.2 Å². The van der Waals surface area contributed by atoms with Crippen molar-refractivity contribution in [2.75, 3.05) is 25.1 Å². The summed E-state index contributed by atoms with van der Waals surface area (Å²) in [6.07, 6.45) is -3.47. The van der Waals surface area contributed by atoms with Crippen LogP contribution in [0.2, 0.25) is 5.02 Å². The first-order valence-corrected chi connectivity index (χ1v) is 9.30. The Balaban J connectivity index is 1.63. The predicted octanol–water partition coefficient (Wildman–Crippen LogP) is 5.22. The van der Waals surface area contributed by atoms with Crippen LogP contribution in [0, 0.1) is 0 Å². The summed E-state index contributed by atoms with van der Waals surface area (Å²) in [4.78, 5) is 4.17. The molecule has 0 saturated carbocycles. The average molecular weight is 414 g/mol. The molecule has 3 nitrogen and oxygen atoms in total. The number of anilines is 1. The third kappa shape index (κ3) is 5.34. The van der Waals surface area contributed by atoms with Gasteiger partial charge in [0.2, 0.25) is 0 Å². The second-order valence-electron chi connectivity index (χ2n) is 6.41. The van der Waals surface area contributed by atoms with Crippen molar-refractivity contribution < 1.29 is 13.2 Å². The van der Waals surface area contributed by atoms with Gasteiger partial charge < -0.3 is 10.2 Å². The molecule has 3 rings (SSSR count). The summed E-state index contributed by atoms with van der Waals surface area (Å²) in [5.41, 5.74) is 0.671. The van der Waals surface area contributed by atoms with Gasteiger partial charge in [-0.05, 0) is 48.5 Å². The topological polar surface area (TPSA) is 18.5 Å². The van der Waals surface area contributed by atoms with E-state index in [4.69, 9.17) is 23.8 Å². The maximum absolute atomic E-state index is 12.9. The smallest absolute Gasteiger partial charge is 0.336 e. The lowest BCUT2D eigenvalue weighted by Crippen LogP contribution is -2.48. The summed E-state index contributed by atoms with van der Waals surface area (Å²) < 4.78 is 38.6. The fraction of sp³-hybridized carbons (Fsp3) is 0.316. The largest absolute Gasteiger partial charge is 0.416 e. The molecule has 1 aliphatic heterocycles. The van der Waals surface area contributed by atoms with Gasteiger partial charge in [-0.15, -0.1) is 0 Å². The molecule has 1 N–H and O–H groups in total. The molecular weight excluding hydrogens is 395 g/mol. The van der Waals surface area contributed by atoms with E-state index in [2.05, 4.69) is 10.2 Å². The lowest BCUT2D eigenvalue weighted by atomic mass is 10.2. The molecule has 0 radical (unpaired) electrons. The Morgan fingerprint density at radius 1 is 1.11 bits per heavy atom. The van der Waals surface area contributed by atoms with E-state index < -0.39 is 11.7 Å². The lowest BCUT2D eigenvalue weighted by molar-refractivity contribution is -0.137. The van der Waals surface area contributed by atoms with E-state index >= 15 is 0 Å². The van der Waals surface area contributed by atoms with Crippen LogP contribution in [0.4, 0.5) is 18.9 Å². The highest BCUT2D eigenvalue weighted by atomic mass is 35.5. The number of nitrogens with zero attached hydrogens (tertiary/aromatic N) is 2. The molecule has 0 aromatic heterocycles. The minimum Gasteiger partial charge on any atom is -0.336 e. The number of thiocarbonyl (C=S) groups is 1. The normalized spacial score (nSPS) is 15.6. The standard InChI is InChI=1S/C19H19ClF3N3S/c20-17-8-2-1-5-14(17)12-25-9-4-10-26(13-25)18(27)24-16-7-3-6-15(11-16)19(21,22)23/h1-3,5-8,11H,4,9-10,12-13H2,(H,24,27). The van der Waals surface area contributed by atoms with Crippen molar-refractivity contribution in [3.05, 3.63) is 64.7 Å². The Hall–Kier alpha value is -1.83. The van der Waals surface area contributed by atoms with Crippen molar-refractivity contribution in [2.45, 2.75) is 19.1 Å². The number of rotatable bonds is 3. The number of hydrogen-bond acceptors (Lipinski definition) is 2. The summed E-state index contributed by atoms with van der Waals surface area (Å²) in [5.74, 6) is 0. The summed E-state index contributed by atoms with van der Waals surface area (Å²) >= 11 is 11.6. The maximum Gasteiger partial charge on any atom is 0.416 e. The third-order valence-electron chi connectivity index (χ3n) is 4.35. The second-order valence-corrected chi connectivity index (χ2v) is 7.20. The minimum atomic E-state index is -4.38. The van der Waals surface area contributed by atoms with E-state index in [9.17, 15) is 13.2 Å². The Morgan fingerprint density at radius 3 is 2.63 bits per heavy atom. The molecule has 0 spiro atoms. The molecule has 1 fully saturated rings. The van der Waals surface area contributed by atoms with Crippen LogP contribution >= 0.6 is 23.8 Å². The van der Waals surface area contributed by atoms with E-state index in [1.165, 1.54) is 6.07 Å². The highest BCUT2D eigenvalue weighted by molar-refractivity contribution is 7.80. The molecule has 27 heavy (non-hydrogen) atoms. The van der Waals surface area contributed by atoms with Gasteiger partial charge in [-0.1, -0.05) is 35.9 Å². The SMILES string of the molecule is FC(F)(F)c1cccc(NC(=S)N2CCCN(Cc3ccccc3Cl)C2)c1. The maximum atomic E-state index is 12.9. The number of nitrogens with one attached hydrogen (secondary N) is 1. The van der Waals surface area contributed by atoms with Gasteiger partial charge in [0.25, 0.3) is 0 Å². The van der Waals surface area contributed by atoms with Crippen LogP contribution in [0.5, 0.6) is 0 Å². The average Bonchev–Trinajstić information content (AvgIpc) is 2.63. The Morgan fingerprint density at radius 2 is 1.89 bits per heavy atom. The quantitative estimate of drug-likeness (QED) is 0.695. The Labute approximate surface area is 166 Å². The van der Waals surface area contributed by atoms with Crippen molar-refractivity contribution in [3.63, 3.8) is 0 Å². The van der Waals surface area contributed by atoms with Gasteiger partial charge in [0.1, 0.15) is 0 Å². The molecule has 0 bridgehead atoms. The molecule has 0 amide bonds. The number of alkyl halides is 3. The minimum absolute atomic E-state index is 0.332. The number of halogens is 4. The molecule has 2 aromatic carbocycles. The fourth-order valence-electron chi connectivity index (χ4n) is 3.01. The van der Waals surface area contributed by atoms with E-state index in [0.29, 0.717) is 24.0 Å². The third-order valence-corrected chi connectivity index (χ3v) is 5.08. The van der Waals surface area contributed by atoms with Crippen molar-refractivity contribution in [3.8, 4) is 0 Å². The van der Waals surface area contributed by atoms with Gasteiger partial charge in [0, 0.05) is 30.3 Å². The van der Waals surface area contributed by atoms with Gasteiger partial charge in [-0.2, -0.15) is 13.2 Å². The molecule has 144 valence electrons.